The zero-order chi connectivity index (χ0) is 9.97. The lowest BCUT2D eigenvalue weighted by molar-refractivity contribution is 0.466. The number of nitrogens with two attached hydrogens (primary N) is 1. The first-order chi connectivity index (χ1) is 6.77. The number of rotatable bonds is 2. The van der Waals surface area contributed by atoms with E-state index in [9.17, 15) is 0 Å². The summed E-state index contributed by atoms with van der Waals surface area (Å²) in [6.45, 7) is 1.90. The van der Waals surface area contributed by atoms with E-state index in [4.69, 9.17) is 10.2 Å². The summed E-state index contributed by atoms with van der Waals surface area (Å²) in [6.07, 6.45) is 3.48. The van der Waals surface area contributed by atoms with Crippen LogP contribution in [0.4, 0.5) is 0 Å². The highest BCUT2D eigenvalue weighted by molar-refractivity contribution is 5.23. The van der Waals surface area contributed by atoms with Gasteiger partial charge in [-0.1, -0.05) is 6.07 Å². The maximum Gasteiger partial charge on any atom is 0.125 e. The Bertz CT molecular complexity index is 408. The Balaban J connectivity index is 2.29. The molecule has 0 aliphatic carbocycles. The van der Waals surface area contributed by atoms with E-state index in [0.29, 0.717) is 0 Å². The maximum absolute atomic E-state index is 6.00. The van der Waals surface area contributed by atoms with Crippen molar-refractivity contribution in [3.63, 3.8) is 0 Å². The van der Waals surface area contributed by atoms with Gasteiger partial charge in [0, 0.05) is 12.4 Å². The largest absolute Gasteiger partial charge is 0.464 e. The summed E-state index contributed by atoms with van der Waals surface area (Å²) in [7, 11) is 0. The fourth-order valence-corrected chi connectivity index (χ4v) is 1.34. The van der Waals surface area contributed by atoms with Gasteiger partial charge in [-0.15, -0.1) is 0 Å². The number of hydrogen-bond donors (Lipinski definition) is 1. The van der Waals surface area contributed by atoms with Crippen LogP contribution < -0.4 is 5.73 Å². The molecule has 0 saturated heterocycles. The summed E-state index contributed by atoms with van der Waals surface area (Å²) in [4.78, 5) is 4.02. The van der Waals surface area contributed by atoms with Crippen molar-refractivity contribution in [2.24, 2.45) is 5.73 Å². The first-order valence-corrected chi connectivity index (χ1v) is 4.49. The van der Waals surface area contributed by atoms with Gasteiger partial charge in [0.1, 0.15) is 11.5 Å². The van der Waals surface area contributed by atoms with Crippen molar-refractivity contribution in [1.29, 1.82) is 0 Å². The van der Waals surface area contributed by atoms with Gasteiger partial charge >= 0.3 is 0 Å². The molecule has 2 heterocycles. The number of aromatic nitrogens is 1. The molecule has 2 N–H and O–H groups in total. The van der Waals surface area contributed by atoms with Crippen LogP contribution in [0.1, 0.15) is 23.1 Å². The van der Waals surface area contributed by atoms with Gasteiger partial charge in [-0.3, -0.25) is 4.98 Å². The Kier molecular flexibility index (Phi) is 2.33. The fraction of sp³-hybridized carbons (Fsp3) is 0.182. The molecular weight excluding hydrogens is 176 g/mol. The lowest BCUT2D eigenvalue weighted by Gasteiger charge is -2.07. The van der Waals surface area contributed by atoms with Crippen molar-refractivity contribution < 1.29 is 4.42 Å². The van der Waals surface area contributed by atoms with Gasteiger partial charge in [-0.2, -0.15) is 0 Å². The zero-order valence-corrected chi connectivity index (χ0v) is 7.97. The van der Waals surface area contributed by atoms with Crippen molar-refractivity contribution in [2.45, 2.75) is 13.0 Å². The molecule has 0 spiro atoms. The molecule has 0 amide bonds. The second kappa shape index (κ2) is 3.64. The number of aryl methyl sites for hydroxylation is 1. The summed E-state index contributed by atoms with van der Waals surface area (Å²) in [6, 6.07) is 7.39. The third-order valence-electron chi connectivity index (χ3n) is 2.11. The molecule has 2 aromatic rings. The Labute approximate surface area is 82.6 Å². The molecule has 0 radical (unpaired) electrons. The van der Waals surface area contributed by atoms with E-state index >= 15 is 0 Å². The van der Waals surface area contributed by atoms with Crippen molar-refractivity contribution in [3.8, 4) is 0 Å². The predicted molar refractivity (Wildman–Crippen MR) is 53.7 cm³/mol. The second-order valence-electron chi connectivity index (χ2n) is 3.21. The van der Waals surface area contributed by atoms with Crippen LogP contribution in [0.15, 0.2) is 41.1 Å². The molecular formula is C11H12N2O. The van der Waals surface area contributed by atoms with Gasteiger partial charge in [-0.05, 0) is 30.7 Å². The van der Waals surface area contributed by atoms with Crippen LogP contribution in [-0.2, 0) is 0 Å². The highest BCUT2D eigenvalue weighted by Crippen LogP contribution is 2.20. The first kappa shape index (κ1) is 8.97. The average molecular weight is 188 g/mol. The van der Waals surface area contributed by atoms with E-state index in [-0.39, 0.29) is 6.04 Å². The third kappa shape index (κ3) is 1.67. The molecule has 3 heteroatoms. The number of pyridine rings is 1. The van der Waals surface area contributed by atoms with Crippen LogP contribution in [-0.4, -0.2) is 4.98 Å². The van der Waals surface area contributed by atoms with Crippen LogP contribution in [0.5, 0.6) is 0 Å². The molecule has 0 aliphatic rings. The lowest BCUT2D eigenvalue weighted by Crippen LogP contribution is -2.10. The van der Waals surface area contributed by atoms with Crippen LogP contribution in [0, 0.1) is 6.92 Å². The third-order valence-corrected chi connectivity index (χ3v) is 2.11. The molecule has 1 atom stereocenters. The molecule has 0 aliphatic heterocycles. The Morgan fingerprint density at radius 2 is 2.21 bits per heavy atom. The van der Waals surface area contributed by atoms with E-state index in [2.05, 4.69) is 4.98 Å². The van der Waals surface area contributed by atoms with Crippen LogP contribution in [0.25, 0.3) is 0 Å². The smallest absolute Gasteiger partial charge is 0.125 e. The standard InChI is InChI=1S/C11H12N2O/c1-8-4-5-10(14-8)11(12)9-3-2-6-13-7-9/h2-7,11H,12H2,1H3. The zero-order valence-electron chi connectivity index (χ0n) is 7.97. The minimum Gasteiger partial charge on any atom is -0.464 e. The minimum atomic E-state index is -0.225. The van der Waals surface area contributed by atoms with Crippen LogP contribution in [0.2, 0.25) is 0 Å². The second-order valence-corrected chi connectivity index (χ2v) is 3.21. The summed E-state index contributed by atoms with van der Waals surface area (Å²) in [5.74, 6) is 1.65. The van der Waals surface area contributed by atoms with Crippen LogP contribution in [0.3, 0.4) is 0 Å². The van der Waals surface area contributed by atoms with Crippen molar-refractivity contribution in [3.05, 3.63) is 53.7 Å². The molecule has 72 valence electrons. The van der Waals surface area contributed by atoms with Crippen molar-refractivity contribution in [2.75, 3.05) is 0 Å². The van der Waals surface area contributed by atoms with E-state index in [1.807, 2.05) is 31.2 Å². The van der Waals surface area contributed by atoms with Crippen LogP contribution >= 0.6 is 0 Å². The summed E-state index contributed by atoms with van der Waals surface area (Å²) < 4.78 is 5.45. The molecule has 0 aromatic carbocycles. The van der Waals surface area contributed by atoms with Crippen molar-refractivity contribution >= 4 is 0 Å². The average Bonchev–Trinajstić information content (AvgIpc) is 2.65. The molecule has 0 saturated carbocycles. The quantitative estimate of drug-likeness (QED) is 0.784. The normalized spacial score (nSPS) is 12.7. The number of hydrogen-bond acceptors (Lipinski definition) is 3. The van der Waals surface area contributed by atoms with Gasteiger partial charge in [0.05, 0.1) is 6.04 Å². The first-order valence-electron chi connectivity index (χ1n) is 4.49. The van der Waals surface area contributed by atoms with E-state index in [1.165, 1.54) is 0 Å². The lowest BCUT2D eigenvalue weighted by atomic mass is 10.1. The van der Waals surface area contributed by atoms with Gasteiger partial charge in [-0.25, -0.2) is 0 Å². The Hall–Kier alpha value is -1.61. The Morgan fingerprint density at radius 3 is 2.79 bits per heavy atom. The monoisotopic (exact) mass is 188 g/mol. The van der Waals surface area contributed by atoms with Crippen molar-refractivity contribution in [1.82, 2.24) is 4.98 Å². The molecule has 2 rings (SSSR count). The SMILES string of the molecule is Cc1ccc(C(N)c2cccnc2)o1. The van der Waals surface area contributed by atoms with Gasteiger partial charge in [0.15, 0.2) is 0 Å². The summed E-state index contributed by atoms with van der Waals surface area (Å²) in [5, 5.41) is 0. The number of furan rings is 1. The predicted octanol–water partition coefficient (Wildman–Crippen LogP) is 2.03. The van der Waals surface area contributed by atoms with E-state index in [1.54, 1.807) is 12.4 Å². The topological polar surface area (TPSA) is 52.0 Å². The highest BCUT2D eigenvalue weighted by atomic mass is 16.3. The van der Waals surface area contributed by atoms with E-state index < -0.39 is 0 Å². The molecule has 1 unspecified atom stereocenters. The highest BCUT2D eigenvalue weighted by Gasteiger charge is 2.11. The Morgan fingerprint density at radius 1 is 1.36 bits per heavy atom. The molecule has 3 nitrogen and oxygen atoms in total. The maximum atomic E-state index is 6.00. The van der Waals surface area contributed by atoms with E-state index in [0.717, 1.165) is 17.1 Å². The molecule has 2 aromatic heterocycles. The van der Waals surface area contributed by atoms with Gasteiger partial charge in [0.25, 0.3) is 0 Å². The summed E-state index contributed by atoms with van der Waals surface area (Å²) >= 11 is 0. The molecule has 14 heavy (non-hydrogen) atoms. The minimum absolute atomic E-state index is 0.225. The summed E-state index contributed by atoms with van der Waals surface area (Å²) in [5.41, 5.74) is 6.96. The molecule has 0 bridgehead atoms. The fourth-order valence-electron chi connectivity index (χ4n) is 1.34. The number of nitrogens with zero attached hydrogens (tertiary/aromatic N) is 1. The van der Waals surface area contributed by atoms with Gasteiger partial charge in [0.2, 0.25) is 0 Å². The van der Waals surface area contributed by atoms with Gasteiger partial charge < -0.3 is 10.2 Å². The molecule has 0 fully saturated rings.